The first-order valence-corrected chi connectivity index (χ1v) is 8.22. The van der Waals surface area contributed by atoms with Crippen molar-refractivity contribution in [3.63, 3.8) is 0 Å². The van der Waals surface area contributed by atoms with Gasteiger partial charge >= 0.3 is 0 Å². The molecular formula is C19H21N3O3. The number of rotatable bonds is 5. The highest BCUT2D eigenvalue weighted by Gasteiger charge is 2.20. The molecule has 6 heteroatoms. The van der Waals surface area contributed by atoms with Gasteiger partial charge in [0, 0.05) is 5.69 Å². The van der Waals surface area contributed by atoms with Gasteiger partial charge in [-0.05, 0) is 44.0 Å². The van der Waals surface area contributed by atoms with Gasteiger partial charge in [0.2, 0.25) is 0 Å². The molecule has 1 aromatic carbocycles. The summed E-state index contributed by atoms with van der Waals surface area (Å²) < 4.78 is 10.4. The monoisotopic (exact) mass is 339 g/mol. The molecule has 0 aliphatic rings. The number of ether oxygens (including phenoxy) is 1. The highest BCUT2D eigenvalue weighted by Crippen LogP contribution is 2.24. The van der Waals surface area contributed by atoms with Crippen molar-refractivity contribution in [3.05, 3.63) is 52.8 Å². The van der Waals surface area contributed by atoms with E-state index >= 15 is 0 Å². The number of aryl methyl sites for hydroxylation is 2. The Morgan fingerprint density at radius 1 is 1.28 bits per heavy atom. The van der Waals surface area contributed by atoms with Crippen LogP contribution in [0, 0.1) is 13.8 Å². The van der Waals surface area contributed by atoms with Crippen LogP contribution in [0.1, 0.15) is 46.7 Å². The Morgan fingerprint density at radius 3 is 2.64 bits per heavy atom. The summed E-state index contributed by atoms with van der Waals surface area (Å²) in [5, 5.41) is 7.68. The number of aromatic nitrogens is 2. The van der Waals surface area contributed by atoms with Crippen molar-refractivity contribution >= 4 is 17.0 Å². The van der Waals surface area contributed by atoms with Crippen LogP contribution in [-0.4, -0.2) is 23.2 Å². The topological polar surface area (TPSA) is 77.3 Å². The van der Waals surface area contributed by atoms with Crippen LogP contribution in [0.15, 0.2) is 34.9 Å². The third-order valence-electron chi connectivity index (χ3n) is 4.22. The number of pyridine rings is 1. The molecule has 3 aromatic rings. The molecule has 2 heterocycles. The molecule has 0 saturated carbocycles. The molecule has 0 aliphatic carbocycles. The SMILES string of the molecule is CCC(NC(=O)c1cc(C)nc2onc(C)c12)c1ccc(OC)cc1. The lowest BCUT2D eigenvalue weighted by molar-refractivity contribution is 0.0937. The average molecular weight is 339 g/mol. The van der Waals surface area contributed by atoms with Gasteiger partial charge in [-0.25, -0.2) is 4.98 Å². The second-order valence-electron chi connectivity index (χ2n) is 5.97. The number of carbonyl (C=O) groups excluding carboxylic acids is 1. The highest BCUT2D eigenvalue weighted by molar-refractivity contribution is 6.06. The van der Waals surface area contributed by atoms with Crippen LogP contribution in [-0.2, 0) is 0 Å². The fourth-order valence-corrected chi connectivity index (χ4v) is 2.89. The number of carbonyl (C=O) groups is 1. The largest absolute Gasteiger partial charge is 0.497 e. The van der Waals surface area contributed by atoms with Crippen molar-refractivity contribution in [1.29, 1.82) is 0 Å². The first kappa shape index (κ1) is 17.0. The van der Waals surface area contributed by atoms with Gasteiger partial charge in [0.05, 0.1) is 29.8 Å². The van der Waals surface area contributed by atoms with Crippen molar-refractivity contribution in [1.82, 2.24) is 15.5 Å². The highest BCUT2D eigenvalue weighted by atomic mass is 16.5. The van der Waals surface area contributed by atoms with Crippen molar-refractivity contribution in [3.8, 4) is 5.75 Å². The molecule has 3 rings (SSSR count). The predicted molar refractivity (Wildman–Crippen MR) is 94.8 cm³/mol. The third kappa shape index (κ3) is 3.33. The summed E-state index contributed by atoms with van der Waals surface area (Å²) in [7, 11) is 1.63. The molecule has 0 fully saturated rings. The molecule has 0 radical (unpaired) electrons. The van der Waals surface area contributed by atoms with Crippen LogP contribution in [0.25, 0.3) is 11.1 Å². The molecule has 0 saturated heterocycles. The van der Waals surface area contributed by atoms with E-state index in [2.05, 4.69) is 15.5 Å². The molecule has 1 amide bonds. The summed E-state index contributed by atoms with van der Waals surface area (Å²) in [5.41, 5.74) is 3.32. The molecule has 0 spiro atoms. The van der Waals surface area contributed by atoms with Crippen molar-refractivity contribution < 1.29 is 14.1 Å². The number of methoxy groups -OCH3 is 1. The zero-order valence-corrected chi connectivity index (χ0v) is 14.8. The lowest BCUT2D eigenvalue weighted by atomic mass is 10.0. The van der Waals surface area contributed by atoms with Gasteiger partial charge in [-0.2, -0.15) is 0 Å². The second-order valence-corrected chi connectivity index (χ2v) is 5.97. The van der Waals surface area contributed by atoms with Crippen molar-refractivity contribution in [2.45, 2.75) is 33.2 Å². The van der Waals surface area contributed by atoms with E-state index in [-0.39, 0.29) is 11.9 Å². The van der Waals surface area contributed by atoms with Gasteiger partial charge in [0.15, 0.2) is 0 Å². The number of nitrogens with zero attached hydrogens (tertiary/aromatic N) is 2. The molecule has 1 atom stereocenters. The van der Waals surface area contributed by atoms with Crippen LogP contribution >= 0.6 is 0 Å². The molecule has 1 N–H and O–H groups in total. The Kier molecular flexibility index (Phi) is 4.70. The average Bonchev–Trinajstić information content (AvgIpc) is 2.99. The molecule has 1 unspecified atom stereocenters. The number of hydrogen-bond acceptors (Lipinski definition) is 5. The van der Waals surface area contributed by atoms with Gasteiger partial charge in [0.1, 0.15) is 5.75 Å². The summed E-state index contributed by atoms with van der Waals surface area (Å²) in [6.07, 6.45) is 0.772. The first-order chi connectivity index (χ1) is 12.0. The van der Waals surface area contributed by atoms with Crippen LogP contribution in [0.4, 0.5) is 0 Å². The van der Waals surface area contributed by atoms with E-state index in [9.17, 15) is 4.79 Å². The minimum absolute atomic E-state index is 0.0953. The fraction of sp³-hybridized carbons (Fsp3) is 0.316. The summed E-state index contributed by atoms with van der Waals surface area (Å²) in [6, 6.07) is 9.38. The smallest absolute Gasteiger partial charge is 0.258 e. The Bertz CT molecular complexity index is 900. The van der Waals surface area contributed by atoms with Crippen LogP contribution in [0.3, 0.4) is 0 Å². The lowest BCUT2D eigenvalue weighted by Crippen LogP contribution is -2.28. The van der Waals surface area contributed by atoms with E-state index < -0.39 is 0 Å². The maximum Gasteiger partial charge on any atom is 0.258 e. The molecule has 0 aliphatic heterocycles. The summed E-state index contributed by atoms with van der Waals surface area (Å²) in [5.74, 6) is 0.626. The van der Waals surface area contributed by atoms with Crippen LogP contribution in [0.2, 0.25) is 0 Å². The Morgan fingerprint density at radius 2 is 2.00 bits per heavy atom. The van der Waals surface area contributed by atoms with E-state index in [1.807, 2.05) is 38.1 Å². The molecule has 0 bridgehead atoms. The second kappa shape index (κ2) is 6.93. The Labute approximate surface area is 146 Å². The molecule has 6 nitrogen and oxygen atoms in total. The standard InChI is InChI=1S/C19H21N3O3/c1-5-16(13-6-8-14(24-4)9-7-13)21-18(23)15-10-11(2)20-19-17(15)12(3)22-25-19/h6-10,16H,5H2,1-4H3,(H,21,23). The third-order valence-corrected chi connectivity index (χ3v) is 4.22. The van der Waals surface area contributed by atoms with Gasteiger partial charge in [0.25, 0.3) is 11.6 Å². The molecular weight excluding hydrogens is 318 g/mol. The van der Waals surface area contributed by atoms with Crippen molar-refractivity contribution in [2.24, 2.45) is 0 Å². The molecule has 2 aromatic heterocycles. The lowest BCUT2D eigenvalue weighted by Gasteiger charge is -2.18. The summed E-state index contributed by atoms with van der Waals surface area (Å²) >= 11 is 0. The Hall–Kier alpha value is -2.89. The molecule has 130 valence electrons. The van der Waals surface area contributed by atoms with Crippen LogP contribution < -0.4 is 10.1 Å². The Balaban J connectivity index is 1.91. The molecule has 25 heavy (non-hydrogen) atoms. The van der Waals surface area contributed by atoms with Gasteiger partial charge in [-0.15, -0.1) is 0 Å². The van der Waals surface area contributed by atoms with E-state index in [1.54, 1.807) is 20.1 Å². The van der Waals surface area contributed by atoms with E-state index in [0.29, 0.717) is 28.1 Å². The summed E-state index contributed by atoms with van der Waals surface area (Å²) in [4.78, 5) is 17.2. The minimum Gasteiger partial charge on any atom is -0.497 e. The fourth-order valence-electron chi connectivity index (χ4n) is 2.89. The predicted octanol–water partition coefficient (Wildman–Crippen LogP) is 3.73. The quantitative estimate of drug-likeness (QED) is 0.766. The zero-order chi connectivity index (χ0) is 18.0. The first-order valence-electron chi connectivity index (χ1n) is 8.22. The van der Waals surface area contributed by atoms with Crippen molar-refractivity contribution in [2.75, 3.05) is 7.11 Å². The van der Waals surface area contributed by atoms with E-state index in [0.717, 1.165) is 17.7 Å². The normalized spacial score (nSPS) is 12.2. The zero-order valence-electron chi connectivity index (χ0n) is 14.8. The number of nitrogens with one attached hydrogen (secondary N) is 1. The van der Waals surface area contributed by atoms with E-state index in [4.69, 9.17) is 9.26 Å². The number of fused-ring (bicyclic) bond motifs is 1. The maximum atomic E-state index is 12.9. The van der Waals surface area contributed by atoms with Crippen LogP contribution in [0.5, 0.6) is 5.75 Å². The minimum atomic E-state index is -0.163. The van der Waals surface area contributed by atoms with Gasteiger partial charge in [-0.3, -0.25) is 4.79 Å². The number of amides is 1. The summed E-state index contributed by atoms with van der Waals surface area (Å²) in [6.45, 7) is 5.67. The number of hydrogen-bond donors (Lipinski definition) is 1. The van der Waals surface area contributed by atoms with E-state index in [1.165, 1.54) is 0 Å². The maximum absolute atomic E-state index is 12.9. The van der Waals surface area contributed by atoms with Gasteiger partial charge in [-0.1, -0.05) is 24.2 Å². The number of benzene rings is 1. The van der Waals surface area contributed by atoms with Gasteiger partial charge < -0.3 is 14.6 Å².